The Kier molecular flexibility index (Phi) is 5.93. The van der Waals surface area contributed by atoms with Gasteiger partial charge in [0.25, 0.3) is 5.91 Å². The van der Waals surface area contributed by atoms with E-state index < -0.39 is 12.1 Å². The van der Waals surface area contributed by atoms with Crippen molar-refractivity contribution in [2.24, 2.45) is 0 Å². The fourth-order valence-corrected chi connectivity index (χ4v) is 3.81. The van der Waals surface area contributed by atoms with E-state index in [9.17, 15) is 9.59 Å². The molecule has 138 valence electrons. The van der Waals surface area contributed by atoms with Crippen LogP contribution in [0.3, 0.4) is 0 Å². The van der Waals surface area contributed by atoms with Crippen LogP contribution in [-0.4, -0.2) is 31.1 Å². The number of hydrogen-bond acceptors (Lipinski definition) is 5. The summed E-state index contributed by atoms with van der Waals surface area (Å²) in [4.78, 5) is 27.3. The van der Waals surface area contributed by atoms with Crippen LogP contribution in [-0.2, 0) is 9.53 Å². The molecular formula is C20H24N2O3S. The van der Waals surface area contributed by atoms with Gasteiger partial charge in [-0.3, -0.25) is 4.79 Å². The Balaban J connectivity index is 1.55. The van der Waals surface area contributed by atoms with Crippen molar-refractivity contribution in [1.82, 2.24) is 0 Å². The fourth-order valence-electron chi connectivity index (χ4n) is 3.00. The van der Waals surface area contributed by atoms with E-state index in [4.69, 9.17) is 4.74 Å². The lowest BCUT2D eigenvalue weighted by molar-refractivity contribution is -0.123. The van der Waals surface area contributed by atoms with Crippen LogP contribution in [0.1, 0.15) is 41.4 Å². The molecule has 2 aromatic rings. The average Bonchev–Trinajstić information content (AvgIpc) is 3.09. The van der Waals surface area contributed by atoms with Crippen LogP contribution in [0, 0.1) is 6.92 Å². The van der Waals surface area contributed by atoms with Crippen molar-refractivity contribution in [2.45, 2.75) is 39.2 Å². The maximum Gasteiger partial charge on any atom is 0.349 e. The number of anilines is 2. The molecule has 1 N–H and O–H groups in total. The summed E-state index contributed by atoms with van der Waals surface area (Å²) in [6, 6.07) is 9.68. The monoisotopic (exact) mass is 372 g/mol. The van der Waals surface area contributed by atoms with Crippen molar-refractivity contribution < 1.29 is 14.3 Å². The van der Waals surface area contributed by atoms with Gasteiger partial charge in [0.2, 0.25) is 0 Å². The van der Waals surface area contributed by atoms with Gasteiger partial charge in [-0.25, -0.2) is 4.79 Å². The lowest BCUT2D eigenvalue weighted by Crippen LogP contribution is -2.30. The van der Waals surface area contributed by atoms with Gasteiger partial charge in [0.05, 0.1) is 0 Å². The van der Waals surface area contributed by atoms with Gasteiger partial charge in [-0.1, -0.05) is 0 Å². The highest BCUT2D eigenvalue weighted by molar-refractivity contribution is 7.12. The van der Waals surface area contributed by atoms with Crippen LogP contribution >= 0.6 is 11.3 Å². The molecule has 1 aromatic heterocycles. The van der Waals surface area contributed by atoms with Gasteiger partial charge in [-0.2, -0.15) is 0 Å². The molecule has 2 heterocycles. The molecule has 1 aliphatic heterocycles. The minimum Gasteiger partial charge on any atom is -0.448 e. The zero-order valence-corrected chi connectivity index (χ0v) is 16.0. The second-order valence-electron chi connectivity index (χ2n) is 6.56. The summed E-state index contributed by atoms with van der Waals surface area (Å²) in [5.74, 6) is -0.793. The van der Waals surface area contributed by atoms with E-state index in [1.807, 2.05) is 42.6 Å². The summed E-state index contributed by atoms with van der Waals surface area (Å²) in [5.41, 5.74) is 2.74. The number of carbonyl (C=O) groups is 2. The molecule has 1 atom stereocenters. The first kappa shape index (κ1) is 18.5. The molecule has 26 heavy (non-hydrogen) atoms. The number of nitrogens with one attached hydrogen (secondary N) is 1. The minimum absolute atomic E-state index is 0.335. The molecule has 0 aliphatic carbocycles. The summed E-state index contributed by atoms with van der Waals surface area (Å²) in [7, 11) is 0. The molecule has 5 nitrogen and oxygen atoms in total. The number of ether oxygens (including phenoxy) is 1. The van der Waals surface area contributed by atoms with Crippen molar-refractivity contribution in [3.05, 3.63) is 46.2 Å². The van der Waals surface area contributed by atoms with Crippen molar-refractivity contribution in [1.29, 1.82) is 0 Å². The van der Waals surface area contributed by atoms with E-state index in [0.29, 0.717) is 10.6 Å². The van der Waals surface area contributed by atoms with Gasteiger partial charge in [-0.15, -0.1) is 11.3 Å². The topological polar surface area (TPSA) is 58.6 Å². The first-order chi connectivity index (χ1) is 12.5. The summed E-state index contributed by atoms with van der Waals surface area (Å²) < 4.78 is 5.28. The Morgan fingerprint density at radius 1 is 1.12 bits per heavy atom. The highest BCUT2D eigenvalue weighted by Gasteiger charge is 2.21. The summed E-state index contributed by atoms with van der Waals surface area (Å²) in [6.07, 6.45) is 2.90. The molecule has 0 radical (unpaired) electrons. The average molecular weight is 372 g/mol. The van der Waals surface area contributed by atoms with E-state index in [2.05, 4.69) is 10.2 Å². The van der Waals surface area contributed by atoms with Crippen molar-refractivity contribution >= 4 is 34.6 Å². The molecule has 1 fully saturated rings. The first-order valence-corrected chi connectivity index (χ1v) is 9.83. The predicted octanol–water partition coefficient (Wildman–Crippen LogP) is 4.23. The highest BCUT2D eigenvalue weighted by Crippen LogP contribution is 2.22. The second-order valence-corrected chi connectivity index (χ2v) is 7.48. The molecule has 0 unspecified atom stereocenters. The number of aryl methyl sites for hydroxylation is 1. The minimum atomic E-state index is -0.856. The highest BCUT2D eigenvalue weighted by atomic mass is 32.1. The Hall–Kier alpha value is -2.34. The molecular weight excluding hydrogens is 348 g/mol. The maximum atomic E-state index is 12.3. The molecule has 1 aliphatic rings. The third-order valence-corrected chi connectivity index (χ3v) is 5.55. The smallest absolute Gasteiger partial charge is 0.349 e. The summed E-state index contributed by atoms with van der Waals surface area (Å²) in [5, 5.41) is 4.64. The Morgan fingerprint density at radius 3 is 2.42 bits per heavy atom. The molecule has 0 spiro atoms. The van der Waals surface area contributed by atoms with Crippen molar-refractivity contribution in [3.63, 3.8) is 0 Å². The predicted molar refractivity (Wildman–Crippen MR) is 105 cm³/mol. The Labute approximate surface area is 158 Å². The molecule has 1 saturated heterocycles. The van der Waals surface area contributed by atoms with Crippen molar-refractivity contribution in [3.8, 4) is 0 Å². The number of carbonyl (C=O) groups excluding carboxylic acids is 2. The second kappa shape index (κ2) is 8.36. The van der Waals surface area contributed by atoms with Crippen LogP contribution < -0.4 is 10.2 Å². The third-order valence-electron chi connectivity index (χ3n) is 4.56. The van der Waals surface area contributed by atoms with Crippen LogP contribution in [0.15, 0.2) is 35.7 Å². The molecule has 1 amide bonds. The number of benzene rings is 1. The molecule has 3 rings (SSSR count). The van der Waals surface area contributed by atoms with Gasteiger partial charge in [0.1, 0.15) is 4.88 Å². The van der Waals surface area contributed by atoms with Crippen LogP contribution in [0.5, 0.6) is 0 Å². The molecule has 1 aromatic carbocycles. The van der Waals surface area contributed by atoms with Gasteiger partial charge >= 0.3 is 5.97 Å². The van der Waals surface area contributed by atoms with Crippen LogP contribution in [0.25, 0.3) is 0 Å². The summed E-state index contributed by atoms with van der Waals surface area (Å²) in [6.45, 7) is 5.60. The zero-order chi connectivity index (χ0) is 18.5. The number of piperidine rings is 1. The SMILES string of the molecule is Cc1ccsc1C(=O)O[C@@H](C)C(=O)Nc1ccc(N2CCCCC2)cc1. The van der Waals surface area contributed by atoms with E-state index in [0.717, 1.165) is 18.7 Å². The zero-order valence-electron chi connectivity index (χ0n) is 15.2. The first-order valence-electron chi connectivity index (χ1n) is 8.95. The van der Waals surface area contributed by atoms with E-state index in [-0.39, 0.29) is 5.91 Å². The Morgan fingerprint density at radius 2 is 1.81 bits per heavy atom. The van der Waals surface area contributed by atoms with Crippen LogP contribution in [0.2, 0.25) is 0 Å². The lowest BCUT2D eigenvalue weighted by Gasteiger charge is -2.28. The number of esters is 1. The molecule has 0 bridgehead atoms. The van der Waals surface area contributed by atoms with E-state index >= 15 is 0 Å². The normalized spacial score (nSPS) is 15.4. The van der Waals surface area contributed by atoms with Crippen molar-refractivity contribution in [2.75, 3.05) is 23.3 Å². The number of amides is 1. The molecule has 0 saturated carbocycles. The van der Waals surface area contributed by atoms with E-state index in [1.165, 1.54) is 36.3 Å². The Bertz CT molecular complexity index is 764. The number of rotatable bonds is 5. The number of thiophene rings is 1. The molecule has 6 heteroatoms. The van der Waals surface area contributed by atoms with Crippen LogP contribution in [0.4, 0.5) is 11.4 Å². The fraction of sp³-hybridized carbons (Fsp3) is 0.400. The van der Waals surface area contributed by atoms with E-state index in [1.54, 1.807) is 6.92 Å². The summed E-state index contributed by atoms with van der Waals surface area (Å²) >= 11 is 1.32. The quantitative estimate of drug-likeness (QED) is 0.798. The maximum absolute atomic E-state index is 12.3. The third kappa shape index (κ3) is 4.43. The standard InChI is InChI=1S/C20H24N2O3S/c1-14-10-13-26-18(14)20(24)25-15(2)19(23)21-16-6-8-17(9-7-16)22-11-4-3-5-12-22/h6-10,13,15H,3-5,11-12H2,1-2H3,(H,21,23)/t15-/m0/s1. The number of nitrogens with zero attached hydrogens (tertiary/aromatic N) is 1. The largest absolute Gasteiger partial charge is 0.448 e. The lowest BCUT2D eigenvalue weighted by atomic mass is 10.1. The van der Waals surface area contributed by atoms with Gasteiger partial charge in [-0.05, 0) is 74.4 Å². The van der Waals surface area contributed by atoms with Gasteiger partial charge < -0.3 is 15.0 Å². The number of hydrogen-bond donors (Lipinski definition) is 1. The van der Waals surface area contributed by atoms with Gasteiger partial charge in [0.15, 0.2) is 6.10 Å². The van der Waals surface area contributed by atoms with Gasteiger partial charge in [0, 0.05) is 24.5 Å².